The van der Waals surface area contributed by atoms with Gasteiger partial charge in [-0.3, -0.25) is 4.79 Å². The van der Waals surface area contributed by atoms with Crippen LogP contribution in [0.1, 0.15) is 117 Å². The lowest BCUT2D eigenvalue weighted by Crippen LogP contribution is -2.39. The van der Waals surface area contributed by atoms with Crippen LogP contribution in [0.2, 0.25) is 0 Å². The van der Waals surface area contributed by atoms with Gasteiger partial charge in [-0.05, 0) is 6.42 Å². The van der Waals surface area contributed by atoms with Crippen molar-refractivity contribution in [3.8, 4) is 0 Å². The lowest BCUT2D eigenvalue weighted by Gasteiger charge is -2.21. The predicted octanol–water partition coefficient (Wildman–Crippen LogP) is 5.55. The van der Waals surface area contributed by atoms with Gasteiger partial charge in [0.1, 0.15) is 18.8 Å². The van der Waals surface area contributed by atoms with Crippen LogP contribution in [0.25, 0.3) is 0 Å². The van der Waals surface area contributed by atoms with E-state index in [2.05, 4.69) is 6.92 Å². The highest BCUT2D eigenvalue weighted by Gasteiger charge is 2.38. The summed E-state index contributed by atoms with van der Waals surface area (Å²) >= 11 is 0. The number of hydrogen-bond donors (Lipinski definition) is 2. The van der Waals surface area contributed by atoms with Gasteiger partial charge in [0.2, 0.25) is 0 Å². The molecule has 5 nitrogen and oxygen atoms in total. The van der Waals surface area contributed by atoms with Gasteiger partial charge in [0.15, 0.2) is 0 Å². The number of esters is 1. The molecule has 0 aliphatic carbocycles. The first-order valence-electron chi connectivity index (χ1n) is 12.7. The van der Waals surface area contributed by atoms with Crippen LogP contribution in [-0.4, -0.2) is 47.7 Å². The quantitative estimate of drug-likeness (QED) is 0.208. The van der Waals surface area contributed by atoms with Crippen molar-refractivity contribution >= 4 is 5.97 Å². The van der Waals surface area contributed by atoms with Crippen molar-refractivity contribution in [2.24, 2.45) is 5.92 Å². The number of unbranched alkanes of at least 4 members (excludes halogenated alkanes) is 14. The fourth-order valence-electron chi connectivity index (χ4n) is 4.11. The maximum Gasteiger partial charge on any atom is 0.305 e. The van der Waals surface area contributed by atoms with Crippen LogP contribution in [-0.2, 0) is 14.3 Å². The van der Waals surface area contributed by atoms with Crippen molar-refractivity contribution < 1.29 is 24.5 Å². The van der Waals surface area contributed by atoms with E-state index in [1.807, 2.05) is 6.92 Å². The first-order chi connectivity index (χ1) is 14.6. The molecule has 0 aromatic heterocycles. The van der Waals surface area contributed by atoms with Crippen LogP contribution in [0.3, 0.4) is 0 Å². The second kappa shape index (κ2) is 18.0. The molecule has 0 saturated carbocycles. The number of ether oxygens (including phenoxy) is 2. The molecule has 1 aliphatic rings. The zero-order chi connectivity index (χ0) is 22.0. The molecule has 178 valence electrons. The highest BCUT2D eigenvalue weighted by molar-refractivity contribution is 5.69. The van der Waals surface area contributed by atoms with Gasteiger partial charge in [-0.15, -0.1) is 0 Å². The van der Waals surface area contributed by atoms with Gasteiger partial charge in [-0.2, -0.15) is 0 Å². The molecule has 0 aromatic rings. The summed E-state index contributed by atoms with van der Waals surface area (Å²) in [5.41, 5.74) is 0. The Labute approximate surface area is 184 Å². The molecule has 0 amide bonds. The summed E-state index contributed by atoms with van der Waals surface area (Å²) in [7, 11) is 0. The molecule has 1 rings (SSSR count). The number of aliphatic hydroxyl groups is 2. The minimum absolute atomic E-state index is 0.000622. The largest absolute Gasteiger partial charge is 0.463 e. The number of carbonyl (C=O) groups excluding carboxylic acids is 1. The molecule has 1 unspecified atom stereocenters. The van der Waals surface area contributed by atoms with E-state index >= 15 is 0 Å². The molecule has 1 fully saturated rings. The van der Waals surface area contributed by atoms with Crippen LogP contribution in [0.15, 0.2) is 0 Å². The smallest absolute Gasteiger partial charge is 0.305 e. The molecular formula is C25H48O5. The Morgan fingerprint density at radius 1 is 0.900 bits per heavy atom. The normalized spacial score (nSPS) is 22.3. The number of aliphatic hydroxyl groups excluding tert-OH is 2. The molecule has 0 aromatic carbocycles. The van der Waals surface area contributed by atoms with Gasteiger partial charge >= 0.3 is 5.97 Å². The van der Waals surface area contributed by atoms with Crippen LogP contribution < -0.4 is 0 Å². The molecule has 0 radical (unpaired) electrons. The molecule has 30 heavy (non-hydrogen) atoms. The van der Waals surface area contributed by atoms with Crippen LogP contribution in [0.4, 0.5) is 0 Å². The van der Waals surface area contributed by atoms with Crippen molar-refractivity contribution in [2.75, 3.05) is 13.2 Å². The Morgan fingerprint density at radius 2 is 1.37 bits per heavy atom. The third kappa shape index (κ3) is 12.9. The summed E-state index contributed by atoms with van der Waals surface area (Å²) in [5, 5.41) is 19.9. The highest BCUT2D eigenvalue weighted by Crippen LogP contribution is 2.22. The third-order valence-electron chi connectivity index (χ3n) is 6.25. The van der Waals surface area contributed by atoms with E-state index in [9.17, 15) is 15.0 Å². The molecule has 0 bridgehead atoms. The van der Waals surface area contributed by atoms with E-state index in [-0.39, 0.29) is 18.5 Å². The molecular weight excluding hydrogens is 380 g/mol. The van der Waals surface area contributed by atoms with Crippen molar-refractivity contribution in [1.82, 2.24) is 0 Å². The van der Waals surface area contributed by atoms with E-state index < -0.39 is 18.3 Å². The summed E-state index contributed by atoms with van der Waals surface area (Å²) < 4.78 is 10.5. The number of hydrogen-bond acceptors (Lipinski definition) is 5. The molecule has 1 heterocycles. The van der Waals surface area contributed by atoms with E-state index in [1.54, 1.807) is 0 Å². The van der Waals surface area contributed by atoms with Crippen molar-refractivity contribution in [2.45, 2.75) is 135 Å². The number of carbonyl (C=O) groups is 1. The molecule has 1 aliphatic heterocycles. The Balaban J connectivity index is 1.83. The maximum absolute atomic E-state index is 11.8. The predicted molar refractivity (Wildman–Crippen MR) is 121 cm³/mol. The molecule has 0 spiro atoms. The molecule has 5 heteroatoms. The summed E-state index contributed by atoms with van der Waals surface area (Å²) in [5.74, 6) is -0.273. The van der Waals surface area contributed by atoms with E-state index in [1.165, 1.54) is 83.5 Å². The molecule has 4 atom stereocenters. The SMILES string of the molecule is CCCCCCCCCCCCCCCCCC(=O)OC[C@@H](O)[C@H]1OCC(C)[C@@H]1O. The van der Waals surface area contributed by atoms with Gasteiger partial charge in [0.25, 0.3) is 0 Å². The Bertz CT molecular complexity index is 414. The van der Waals surface area contributed by atoms with E-state index in [4.69, 9.17) is 9.47 Å². The van der Waals surface area contributed by atoms with Crippen molar-refractivity contribution in [3.63, 3.8) is 0 Å². The lowest BCUT2D eigenvalue weighted by atomic mass is 10.0. The summed E-state index contributed by atoms with van der Waals surface area (Å²) in [6.07, 6.45) is 17.5. The maximum atomic E-state index is 11.8. The highest BCUT2D eigenvalue weighted by atomic mass is 16.6. The summed E-state index contributed by atoms with van der Waals surface area (Å²) in [6.45, 7) is 4.46. The van der Waals surface area contributed by atoms with Gasteiger partial charge in [-0.25, -0.2) is 0 Å². The summed E-state index contributed by atoms with van der Waals surface area (Å²) in [4.78, 5) is 11.8. The molecule has 1 saturated heterocycles. The standard InChI is InChI=1S/C25H48O5/c1-3-4-5-6-7-8-9-10-11-12-13-14-15-16-17-18-23(27)29-20-22(26)25-24(28)21(2)19-30-25/h21-22,24-26,28H,3-20H2,1-2H3/t21?,22-,24+,25-/m1/s1. The minimum atomic E-state index is -0.963. The third-order valence-corrected chi connectivity index (χ3v) is 6.25. The zero-order valence-corrected chi connectivity index (χ0v) is 19.7. The van der Waals surface area contributed by atoms with Gasteiger partial charge in [0.05, 0.1) is 12.7 Å². The second-order valence-electron chi connectivity index (χ2n) is 9.22. The fraction of sp³-hybridized carbons (Fsp3) is 0.960. The van der Waals surface area contributed by atoms with E-state index in [0.29, 0.717) is 13.0 Å². The fourth-order valence-corrected chi connectivity index (χ4v) is 4.11. The Hall–Kier alpha value is -0.650. The zero-order valence-electron chi connectivity index (χ0n) is 19.7. The average molecular weight is 429 g/mol. The van der Waals surface area contributed by atoms with Crippen LogP contribution in [0, 0.1) is 5.92 Å². The summed E-state index contributed by atoms with van der Waals surface area (Å²) in [6, 6.07) is 0. The second-order valence-corrected chi connectivity index (χ2v) is 9.22. The minimum Gasteiger partial charge on any atom is -0.463 e. The van der Waals surface area contributed by atoms with Gasteiger partial charge < -0.3 is 19.7 Å². The first-order valence-corrected chi connectivity index (χ1v) is 12.7. The number of rotatable bonds is 19. The van der Waals surface area contributed by atoms with Gasteiger partial charge in [0, 0.05) is 12.3 Å². The molecule has 2 N–H and O–H groups in total. The average Bonchev–Trinajstić information content (AvgIpc) is 3.07. The Kier molecular flexibility index (Phi) is 16.4. The van der Waals surface area contributed by atoms with Crippen molar-refractivity contribution in [3.05, 3.63) is 0 Å². The van der Waals surface area contributed by atoms with Gasteiger partial charge in [-0.1, -0.05) is 104 Å². The van der Waals surface area contributed by atoms with Crippen molar-refractivity contribution in [1.29, 1.82) is 0 Å². The van der Waals surface area contributed by atoms with Crippen LogP contribution >= 0.6 is 0 Å². The van der Waals surface area contributed by atoms with Crippen LogP contribution in [0.5, 0.6) is 0 Å². The topological polar surface area (TPSA) is 76.0 Å². The van der Waals surface area contributed by atoms with E-state index in [0.717, 1.165) is 12.8 Å². The first kappa shape index (κ1) is 27.4. The Morgan fingerprint density at radius 3 is 1.80 bits per heavy atom. The lowest BCUT2D eigenvalue weighted by molar-refractivity contribution is -0.151. The monoisotopic (exact) mass is 428 g/mol.